The van der Waals surface area contributed by atoms with E-state index >= 15 is 0 Å². The van der Waals surface area contributed by atoms with Gasteiger partial charge in [-0.1, -0.05) is 77.8 Å². The maximum Gasteiger partial charge on any atom is 0.0644 e. The van der Waals surface area contributed by atoms with Crippen LogP contribution in [0.5, 0.6) is 0 Å². The zero-order valence-corrected chi connectivity index (χ0v) is 13.5. The van der Waals surface area contributed by atoms with Gasteiger partial charge in [0.2, 0.25) is 0 Å². The molecule has 1 heteroatoms. The van der Waals surface area contributed by atoms with Crippen molar-refractivity contribution in [2.45, 2.75) is 38.4 Å². The van der Waals surface area contributed by atoms with Crippen molar-refractivity contribution in [3.8, 4) is 0 Å². The molecule has 0 aliphatic rings. The molecule has 0 spiro atoms. The summed E-state index contributed by atoms with van der Waals surface area (Å²) in [5.74, 6) is 0. The molecule has 0 aromatic heterocycles. The molecule has 2 aromatic carbocycles. The van der Waals surface area contributed by atoms with Crippen LogP contribution in [0.25, 0.3) is 0 Å². The lowest BCUT2D eigenvalue weighted by Crippen LogP contribution is -1.97. The Kier molecular flexibility index (Phi) is 4.81. The first-order valence-corrected chi connectivity index (χ1v) is 7.89. The Bertz CT molecular complexity index is 540. The first-order valence-electron chi connectivity index (χ1n) is 6.98. The topological polar surface area (TPSA) is 0 Å². The van der Waals surface area contributed by atoms with Crippen LogP contribution in [-0.4, -0.2) is 0 Å². The predicted molar refractivity (Wildman–Crippen MR) is 87.1 cm³/mol. The van der Waals surface area contributed by atoms with Gasteiger partial charge in [-0.15, -0.1) is 0 Å². The predicted octanol–water partition coefficient (Wildman–Crippen LogP) is 5.60. The number of aryl methyl sites for hydroxylation is 3. The average Bonchev–Trinajstić information content (AvgIpc) is 2.46. The fraction of sp³-hybridized carbons (Fsp3) is 0.333. The van der Waals surface area contributed by atoms with Crippen molar-refractivity contribution in [1.29, 1.82) is 0 Å². The van der Waals surface area contributed by atoms with Crippen LogP contribution in [-0.2, 0) is 12.8 Å². The van der Waals surface area contributed by atoms with Crippen molar-refractivity contribution < 1.29 is 0 Å². The highest BCUT2D eigenvalue weighted by molar-refractivity contribution is 9.09. The summed E-state index contributed by atoms with van der Waals surface area (Å²) >= 11 is 3.83. The van der Waals surface area contributed by atoms with Crippen LogP contribution >= 0.6 is 15.9 Å². The van der Waals surface area contributed by atoms with Gasteiger partial charge in [-0.05, 0) is 42.0 Å². The van der Waals surface area contributed by atoms with Crippen LogP contribution in [0, 0.1) is 6.92 Å². The molecule has 100 valence electrons. The largest absolute Gasteiger partial charge is 0.0786 e. The number of rotatable bonds is 4. The standard InChI is InChI=1S/C18H21Br/c1-4-14-10-11-17(12-15(14)5-2)18(19)16-8-6-13(3)7-9-16/h6-12,18H,4-5H2,1-3H3. The van der Waals surface area contributed by atoms with E-state index in [1.54, 1.807) is 0 Å². The molecule has 1 atom stereocenters. The zero-order chi connectivity index (χ0) is 13.8. The van der Waals surface area contributed by atoms with Crippen molar-refractivity contribution in [2.24, 2.45) is 0 Å². The summed E-state index contributed by atoms with van der Waals surface area (Å²) in [6.45, 7) is 6.57. The third kappa shape index (κ3) is 3.27. The minimum Gasteiger partial charge on any atom is -0.0786 e. The van der Waals surface area contributed by atoms with Gasteiger partial charge in [0.1, 0.15) is 0 Å². The molecule has 0 saturated carbocycles. The molecule has 19 heavy (non-hydrogen) atoms. The van der Waals surface area contributed by atoms with E-state index in [1.807, 2.05) is 0 Å². The Balaban J connectivity index is 2.33. The third-order valence-electron chi connectivity index (χ3n) is 3.65. The Labute approximate surface area is 125 Å². The second kappa shape index (κ2) is 6.38. The van der Waals surface area contributed by atoms with Crippen molar-refractivity contribution in [3.63, 3.8) is 0 Å². The number of benzene rings is 2. The molecule has 0 bridgehead atoms. The fourth-order valence-corrected chi connectivity index (χ4v) is 3.00. The van der Waals surface area contributed by atoms with Gasteiger partial charge < -0.3 is 0 Å². The van der Waals surface area contributed by atoms with Crippen LogP contribution in [0.15, 0.2) is 42.5 Å². The fourth-order valence-electron chi connectivity index (χ4n) is 2.41. The first-order chi connectivity index (χ1) is 9.15. The molecule has 2 rings (SSSR count). The zero-order valence-electron chi connectivity index (χ0n) is 11.9. The number of hydrogen-bond donors (Lipinski definition) is 0. The second-order valence-electron chi connectivity index (χ2n) is 5.01. The van der Waals surface area contributed by atoms with Gasteiger partial charge in [0.25, 0.3) is 0 Å². The summed E-state index contributed by atoms with van der Waals surface area (Å²) < 4.78 is 0. The van der Waals surface area contributed by atoms with E-state index in [2.05, 4.69) is 79.2 Å². The summed E-state index contributed by atoms with van der Waals surface area (Å²) in [6, 6.07) is 15.6. The van der Waals surface area contributed by atoms with Crippen LogP contribution in [0.2, 0.25) is 0 Å². The molecule has 0 saturated heterocycles. The van der Waals surface area contributed by atoms with E-state index in [0.29, 0.717) is 0 Å². The molecule has 0 radical (unpaired) electrons. The molecule has 0 fully saturated rings. The maximum absolute atomic E-state index is 3.83. The minimum absolute atomic E-state index is 0.282. The molecular weight excluding hydrogens is 296 g/mol. The molecule has 0 heterocycles. The van der Waals surface area contributed by atoms with Gasteiger partial charge in [-0.25, -0.2) is 0 Å². The van der Waals surface area contributed by atoms with Gasteiger partial charge in [0, 0.05) is 0 Å². The van der Waals surface area contributed by atoms with E-state index in [-0.39, 0.29) is 4.83 Å². The first kappa shape index (κ1) is 14.3. The number of hydrogen-bond acceptors (Lipinski definition) is 0. The van der Waals surface area contributed by atoms with E-state index in [0.717, 1.165) is 12.8 Å². The molecule has 1 unspecified atom stereocenters. The summed E-state index contributed by atoms with van der Waals surface area (Å²) in [5.41, 5.74) is 6.90. The molecular formula is C18H21Br. The van der Waals surface area contributed by atoms with Gasteiger partial charge in [0.05, 0.1) is 4.83 Å². The lowest BCUT2D eigenvalue weighted by atomic mass is 9.96. The summed E-state index contributed by atoms with van der Waals surface area (Å²) in [4.78, 5) is 0.282. The Hall–Kier alpha value is -1.08. The van der Waals surface area contributed by atoms with Crippen LogP contribution in [0.1, 0.15) is 46.5 Å². The SMILES string of the molecule is CCc1ccc(C(Br)c2ccc(C)cc2)cc1CC. The van der Waals surface area contributed by atoms with E-state index < -0.39 is 0 Å². The van der Waals surface area contributed by atoms with E-state index in [9.17, 15) is 0 Å². The quantitative estimate of drug-likeness (QED) is 0.644. The Morgan fingerprint density at radius 3 is 2.00 bits per heavy atom. The monoisotopic (exact) mass is 316 g/mol. The summed E-state index contributed by atoms with van der Waals surface area (Å²) in [6.07, 6.45) is 2.21. The average molecular weight is 317 g/mol. The van der Waals surface area contributed by atoms with Crippen molar-refractivity contribution >= 4 is 15.9 Å². The molecule has 0 nitrogen and oxygen atoms in total. The van der Waals surface area contributed by atoms with Crippen molar-refractivity contribution in [2.75, 3.05) is 0 Å². The van der Waals surface area contributed by atoms with E-state index in [4.69, 9.17) is 0 Å². The molecule has 2 aromatic rings. The lowest BCUT2D eigenvalue weighted by Gasteiger charge is -2.14. The smallest absolute Gasteiger partial charge is 0.0644 e. The molecule has 0 N–H and O–H groups in total. The van der Waals surface area contributed by atoms with Crippen LogP contribution in [0.4, 0.5) is 0 Å². The Morgan fingerprint density at radius 2 is 1.42 bits per heavy atom. The summed E-state index contributed by atoms with van der Waals surface area (Å²) in [5, 5.41) is 0. The highest BCUT2D eigenvalue weighted by atomic mass is 79.9. The summed E-state index contributed by atoms with van der Waals surface area (Å²) in [7, 11) is 0. The van der Waals surface area contributed by atoms with Gasteiger partial charge in [-0.3, -0.25) is 0 Å². The third-order valence-corrected chi connectivity index (χ3v) is 4.71. The van der Waals surface area contributed by atoms with Crippen LogP contribution < -0.4 is 0 Å². The van der Waals surface area contributed by atoms with Crippen LogP contribution in [0.3, 0.4) is 0 Å². The lowest BCUT2D eigenvalue weighted by molar-refractivity contribution is 1.02. The van der Waals surface area contributed by atoms with E-state index in [1.165, 1.54) is 27.8 Å². The second-order valence-corrected chi connectivity index (χ2v) is 5.92. The van der Waals surface area contributed by atoms with Crippen molar-refractivity contribution in [1.82, 2.24) is 0 Å². The highest BCUT2D eigenvalue weighted by Gasteiger charge is 2.11. The van der Waals surface area contributed by atoms with Crippen molar-refractivity contribution in [3.05, 3.63) is 70.3 Å². The van der Waals surface area contributed by atoms with Gasteiger partial charge in [0.15, 0.2) is 0 Å². The normalized spacial score (nSPS) is 12.4. The molecule has 0 amide bonds. The molecule has 0 aliphatic heterocycles. The Morgan fingerprint density at radius 1 is 0.842 bits per heavy atom. The highest BCUT2D eigenvalue weighted by Crippen LogP contribution is 2.32. The van der Waals surface area contributed by atoms with Gasteiger partial charge >= 0.3 is 0 Å². The number of halogens is 1. The molecule has 0 aliphatic carbocycles. The van der Waals surface area contributed by atoms with Gasteiger partial charge in [-0.2, -0.15) is 0 Å². The maximum atomic E-state index is 3.83. The number of alkyl halides is 1. The minimum atomic E-state index is 0.282.